The van der Waals surface area contributed by atoms with E-state index in [1.807, 2.05) is 18.2 Å². The molecule has 19 heavy (non-hydrogen) atoms. The molecule has 0 fully saturated rings. The van der Waals surface area contributed by atoms with Crippen LogP contribution in [0.25, 0.3) is 10.9 Å². The van der Waals surface area contributed by atoms with Gasteiger partial charge in [0.15, 0.2) is 0 Å². The normalized spacial score (nSPS) is 10.7. The van der Waals surface area contributed by atoms with Gasteiger partial charge in [-0.2, -0.15) is 10.2 Å². The summed E-state index contributed by atoms with van der Waals surface area (Å²) in [4.78, 5) is 11.9. The summed E-state index contributed by atoms with van der Waals surface area (Å²) in [5, 5.41) is 14.5. The van der Waals surface area contributed by atoms with Crippen molar-refractivity contribution in [1.82, 2.24) is 20.0 Å². The zero-order valence-corrected chi connectivity index (χ0v) is 10.00. The fraction of sp³-hybridized carbons (Fsp3) is 0.0833. The van der Waals surface area contributed by atoms with Crippen molar-refractivity contribution in [2.45, 2.75) is 6.54 Å². The Labute approximate surface area is 108 Å². The van der Waals surface area contributed by atoms with Gasteiger partial charge in [-0.25, -0.2) is 0 Å². The zero-order valence-electron chi connectivity index (χ0n) is 10.00. The molecule has 0 saturated heterocycles. The number of hydrogen-bond donors (Lipinski definition) is 3. The molecule has 0 unspecified atom stereocenters. The van der Waals surface area contributed by atoms with Crippen LogP contribution in [0, 0.1) is 0 Å². The van der Waals surface area contributed by atoms with Crippen molar-refractivity contribution in [2.24, 2.45) is 0 Å². The first-order valence-electron chi connectivity index (χ1n) is 5.72. The highest BCUT2D eigenvalue weighted by Gasteiger charge is 2.08. The second-order valence-corrected chi connectivity index (χ2v) is 4.16. The van der Waals surface area contributed by atoms with E-state index in [9.17, 15) is 4.79 Å². The summed E-state index contributed by atoms with van der Waals surface area (Å²) < 4.78 is 1.49. The summed E-state index contributed by atoms with van der Waals surface area (Å²) in [5.74, 6) is -0.170. The van der Waals surface area contributed by atoms with E-state index in [4.69, 9.17) is 5.73 Å². The lowest BCUT2D eigenvalue weighted by Crippen LogP contribution is -2.19. The van der Waals surface area contributed by atoms with Gasteiger partial charge < -0.3 is 11.1 Å². The molecule has 0 atom stereocenters. The maximum atomic E-state index is 11.9. The highest BCUT2D eigenvalue weighted by molar-refractivity contribution is 6.00. The summed E-state index contributed by atoms with van der Waals surface area (Å²) >= 11 is 0. The first-order chi connectivity index (χ1) is 9.22. The fourth-order valence-corrected chi connectivity index (χ4v) is 1.88. The Hall–Kier alpha value is -2.83. The average Bonchev–Trinajstić information content (AvgIpc) is 2.98. The van der Waals surface area contributed by atoms with Crippen LogP contribution in [-0.2, 0) is 11.3 Å². The molecule has 4 N–H and O–H groups in total. The van der Waals surface area contributed by atoms with Crippen LogP contribution in [0.5, 0.6) is 0 Å². The molecule has 0 aliphatic rings. The van der Waals surface area contributed by atoms with Crippen LogP contribution in [-0.4, -0.2) is 25.9 Å². The van der Waals surface area contributed by atoms with E-state index in [-0.39, 0.29) is 12.5 Å². The quantitative estimate of drug-likeness (QED) is 0.650. The lowest BCUT2D eigenvalue weighted by atomic mass is 10.2. The monoisotopic (exact) mass is 256 g/mol. The number of nitrogens with two attached hydrogens (primary N) is 1. The summed E-state index contributed by atoms with van der Waals surface area (Å²) in [6, 6.07) is 5.57. The largest absolute Gasteiger partial charge is 0.396 e. The van der Waals surface area contributed by atoms with E-state index in [1.165, 1.54) is 10.9 Å². The Morgan fingerprint density at radius 1 is 1.42 bits per heavy atom. The highest BCUT2D eigenvalue weighted by atomic mass is 16.2. The SMILES string of the molecule is Nc1cnn(CC(=O)Nc2cccc3[nH]ncc23)c1. The molecule has 7 heteroatoms. The van der Waals surface area contributed by atoms with Gasteiger partial charge in [0.1, 0.15) is 6.54 Å². The Balaban J connectivity index is 1.77. The maximum Gasteiger partial charge on any atom is 0.246 e. The van der Waals surface area contributed by atoms with E-state index in [2.05, 4.69) is 20.6 Å². The number of amides is 1. The number of carbonyl (C=O) groups is 1. The first kappa shape index (κ1) is 11.3. The summed E-state index contributed by atoms with van der Waals surface area (Å²) in [5.41, 5.74) is 7.67. The number of carbonyl (C=O) groups excluding carboxylic acids is 1. The number of nitrogens with zero attached hydrogens (tertiary/aromatic N) is 3. The molecule has 0 spiro atoms. The van der Waals surface area contributed by atoms with Gasteiger partial charge in [-0.1, -0.05) is 6.07 Å². The molecule has 0 aliphatic heterocycles. The van der Waals surface area contributed by atoms with Crippen LogP contribution in [0.15, 0.2) is 36.8 Å². The number of rotatable bonds is 3. The van der Waals surface area contributed by atoms with Crippen LogP contribution >= 0.6 is 0 Å². The summed E-state index contributed by atoms with van der Waals surface area (Å²) in [6.45, 7) is 0.117. The highest BCUT2D eigenvalue weighted by Crippen LogP contribution is 2.20. The number of benzene rings is 1. The lowest BCUT2D eigenvalue weighted by molar-refractivity contribution is -0.116. The molecule has 1 aromatic carbocycles. The fourth-order valence-electron chi connectivity index (χ4n) is 1.88. The van der Waals surface area contributed by atoms with Gasteiger partial charge in [0.25, 0.3) is 0 Å². The van der Waals surface area contributed by atoms with Gasteiger partial charge in [0.05, 0.1) is 29.3 Å². The van der Waals surface area contributed by atoms with E-state index >= 15 is 0 Å². The second-order valence-electron chi connectivity index (χ2n) is 4.16. The topological polar surface area (TPSA) is 102 Å². The van der Waals surface area contributed by atoms with Gasteiger partial charge in [-0.3, -0.25) is 14.6 Å². The average molecular weight is 256 g/mol. The molecule has 0 aliphatic carbocycles. The number of nitrogen functional groups attached to an aromatic ring is 1. The van der Waals surface area contributed by atoms with Crippen molar-refractivity contribution in [3.05, 3.63) is 36.8 Å². The van der Waals surface area contributed by atoms with Crippen molar-refractivity contribution >= 4 is 28.2 Å². The number of H-pyrrole nitrogens is 1. The Morgan fingerprint density at radius 2 is 2.32 bits per heavy atom. The number of aromatic amines is 1. The predicted molar refractivity (Wildman–Crippen MR) is 71.4 cm³/mol. The Kier molecular flexibility index (Phi) is 2.64. The first-order valence-corrected chi connectivity index (χ1v) is 5.72. The molecule has 3 aromatic rings. The van der Waals surface area contributed by atoms with E-state index < -0.39 is 0 Å². The molecule has 0 bridgehead atoms. The van der Waals surface area contributed by atoms with E-state index in [0.29, 0.717) is 5.69 Å². The maximum absolute atomic E-state index is 11.9. The van der Waals surface area contributed by atoms with Crippen LogP contribution in [0.2, 0.25) is 0 Å². The Bertz CT molecular complexity index is 728. The molecule has 96 valence electrons. The number of nitrogens with one attached hydrogen (secondary N) is 2. The summed E-state index contributed by atoms with van der Waals surface area (Å²) in [7, 11) is 0. The number of fused-ring (bicyclic) bond motifs is 1. The third kappa shape index (κ3) is 2.25. The van der Waals surface area contributed by atoms with Gasteiger partial charge in [0.2, 0.25) is 5.91 Å². The molecule has 2 aromatic heterocycles. The van der Waals surface area contributed by atoms with Gasteiger partial charge >= 0.3 is 0 Å². The second kappa shape index (κ2) is 4.45. The molecule has 7 nitrogen and oxygen atoms in total. The van der Waals surface area contributed by atoms with Crippen LogP contribution in [0.3, 0.4) is 0 Å². The minimum atomic E-state index is -0.170. The van der Waals surface area contributed by atoms with Crippen molar-refractivity contribution < 1.29 is 4.79 Å². The molecular formula is C12H12N6O. The molecule has 0 radical (unpaired) electrons. The smallest absolute Gasteiger partial charge is 0.246 e. The Morgan fingerprint density at radius 3 is 3.11 bits per heavy atom. The third-order valence-electron chi connectivity index (χ3n) is 2.72. The number of hydrogen-bond acceptors (Lipinski definition) is 4. The van der Waals surface area contributed by atoms with Crippen LogP contribution in [0.1, 0.15) is 0 Å². The molecule has 3 rings (SSSR count). The molecule has 2 heterocycles. The molecule has 1 amide bonds. The number of aromatic nitrogens is 4. The zero-order chi connectivity index (χ0) is 13.2. The summed E-state index contributed by atoms with van der Waals surface area (Å²) in [6.07, 6.45) is 4.79. The van der Waals surface area contributed by atoms with Gasteiger partial charge in [0, 0.05) is 11.6 Å². The van der Waals surface area contributed by atoms with E-state index in [1.54, 1.807) is 12.4 Å². The minimum Gasteiger partial charge on any atom is -0.396 e. The van der Waals surface area contributed by atoms with Gasteiger partial charge in [-0.05, 0) is 12.1 Å². The standard InChI is InChI=1S/C12H12N6O/c13-8-4-15-18(6-8)7-12(19)16-10-2-1-3-11-9(10)5-14-17-11/h1-6H,7,13H2,(H,14,17)(H,16,19). The number of anilines is 2. The minimum absolute atomic E-state index is 0.117. The predicted octanol–water partition coefficient (Wildman–Crippen LogP) is 0.980. The molecular weight excluding hydrogens is 244 g/mol. The van der Waals surface area contributed by atoms with Gasteiger partial charge in [-0.15, -0.1) is 0 Å². The van der Waals surface area contributed by atoms with E-state index in [0.717, 1.165) is 16.6 Å². The van der Waals surface area contributed by atoms with Crippen molar-refractivity contribution in [2.75, 3.05) is 11.1 Å². The van der Waals surface area contributed by atoms with Crippen molar-refractivity contribution in [3.63, 3.8) is 0 Å². The van der Waals surface area contributed by atoms with Crippen molar-refractivity contribution in [3.8, 4) is 0 Å². The van der Waals surface area contributed by atoms with Crippen LogP contribution < -0.4 is 11.1 Å². The van der Waals surface area contributed by atoms with Crippen LogP contribution in [0.4, 0.5) is 11.4 Å². The molecule has 0 saturated carbocycles. The third-order valence-corrected chi connectivity index (χ3v) is 2.72. The lowest BCUT2D eigenvalue weighted by Gasteiger charge is -2.06. The van der Waals surface area contributed by atoms with Crippen molar-refractivity contribution in [1.29, 1.82) is 0 Å².